The standard InChI is InChI=1S/C46H68N6S2/c1-9-49-34-13-11-18-45(49)30-24-41-20-26-43(27-21-41)47(3)32-15-36-51(5,6)38-17-39-53-54-40-52(7,8)37-16-33-48(4)44-28-22-42(23-29-44)25-31-46-19-12-14-35-50(46)10-2/h11-14,18-31,34-35H,9-10,15-17,32-33,36-40H2,1-8H3/q+4. The van der Waals surface area contributed by atoms with Gasteiger partial charge >= 0.3 is 0 Å². The van der Waals surface area contributed by atoms with E-state index in [4.69, 9.17) is 0 Å². The van der Waals surface area contributed by atoms with Gasteiger partial charge in [-0.2, -0.15) is 9.13 Å². The van der Waals surface area contributed by atoms with Crippen LogP contribution >= 0.6 is 21.6 Å². The molecule has 0 unspecified atom stereocenters. The van der Waals surface area contributed by atoms with Crippen molar-refractivity contribution in [2.75, 3.05) is 96.4 Å². The van der Waals surface area contributed by atoms with Crippen molar-refractivity contribution in [3.63, 3.8) is 0 Å². The highest BCUT2D eigenvalue weighted by Gasteiger charge is 2.17. The maximum atomic E-state index is 2.39. The molecule has 2 aromatic heterocycles. The number of aryl methyl sites for hydroxylation is 2. The lowest BCUT2D eigenvalue weighted by Crippen LogP contribution is -2.42. The molecule has 0 bridgehead atoms. The van der Waals surface area contributed by atoms with Gasteiger partial charge in [0.1, 0.15) is 19.0 Å². The number of pyridine rings is 2. The summed E-state index contributed by atoms with van der Waals surface area (Å²) in [6.45, 7) is 12.1. The summed E-state index contributed by atoms with van der Waals surface area (Å²) in [5.74, 6) is 2.36. The Morgan fingerprint density at radius 3 is 1.44 bits per heavy atom. The quantitative estimate of drug-likeness (QED) is 0.0246. The fourth-order valence-electron chi connectivity index (χ4n) is 6.60. The molecule has 0 atom stereocenters. The molecule has 0 aliphatic rings. The van der Waals surface area contributed by atoms with E-state index in [1.165, 1.54) is 78.5 Å². The molecule has 2 heterocycles. The first-order valence-corrected chi connectivity index (χ1v) is 22.3. The number of hydrogen-bond acceptors (Lipinski definition) is 4. The second-order valence-electron chi connectivity index (χ2n) is 15.7. The van der Waals surface area contributed by atoms with E-state index >= 15 is 0 Å². The van der Waals surface area contributed by atoms with E-state index in [9.17, 15) is 0 Å². The Bertz CT molecular complexity index is 1600. The number of benzene rings is 2. The first-order valence-electron chi connectivity index (χ1n) is 19.8. The van der Waals surface area contributed by atoms with Crippen molar-refractivity contribution in [2.45, 2.75) is 46.2 Å². The Morgan fingerprint density at radius 2 is 0.981 bits per heavy atom. The lowest BCUT2D eigenvalue weighted by molar-refractivity contribution is -0.890. The van der Waals surface area contributed by atoms with E-state index < -0.39 is 0 Å². The summed E-state index contributed by atoms with van der Waals surface area (Å²) in [5.41, 5.74) is 7.47. The van der Waals surface area contributed by atoms with Gasteiger partial charge in [-0.05, 0) is 84.3 Å². The van der Waals surface area contributed by atoms with Crippen LogP contribution in [0, 0.1) is 0 Å². The molecular weight excluding hydrogens is 701 g/mol. The topological polar surface area (TPSA) is 14.2 Å². The molecule has 0 saturated heterocycles. The Hall–Kier alpha value is -3.56. The van der Waals surface area contributed by atoms with Crippen molar-refractivity contribution in [3.8, 4) is 0 Å². The zero-order chi connectivity index (χ0) is 38.8. The Kier molecular flexibility index (Phi) is 17.7. The molecule has 54 heavy (non-hydrogen) atoms. The van der Waals surface area contributed by atoms with Crippen LogP contribution in [-0.4, -0.2) is 95.6 Å². The third-order valence-corrected chi connectivity index (χ3v) is 12.9. The van der Waals surface area contributed by atoms with Gasteiger partial charge in [-0.3, -0.25) is 0 Å². The highest BCUT2D eigenvalue weighted by atomic mass is 33.1. The summed E-state index contributed by atoms with van der Waals surface area (Å²) in [6, 6.07) is 30.6. The van der Waals surface area contributed by atoms with Gasteiger partial charge < -0.3 is 18.8 Å². The van der Waals surface area contributed by atoms with Gasteiger partial charge in [-0.1, -0.05) is 35.1 Å². The number of nitrogens with zero attached hydrogens (tertiary/aromatic N) is 6. The first-order chi connectivity index (χ1) is 26.0. The molecule has 0 fully saturated rings. The van der Waals surface area contributed by atoms with Crippen LogP contribution in [0.25, 0.3) is 24.3 Å². The lowest BCUT2D eigenvalue weighted by Gasteiger charge is -2.31. The summed E-state index contributed by atoms with van der Waals surface area (Å²) in [5, 5.41) is 0. The molecule has 290 valence electrons. The van der Waals surface area contributed by atoms with Crippen LogP contribution in [0.5, 0.6) is 0 Å². The van der Waals surface area contributed by atoms with Crippen molar-refractivity contribution >= 4 is 57.3 Å². The lowest BCUT2D eigenvalue weighted by atomic mass is 10.1. The number of aromatic nitrogens is 2. The summed E-state index contributed by atoms with van der Waals surface area (Å²) in [4.78, 5) is 4.78. The third-order valence-electron chi connectivity index (χ3n) is 10.2. The monoisotopic (exact) mass is 768 g/mol. The molecule has 0 spiro atoms. The van der Waals surface area contributed by atoms with Gasteiger partial charge in [0.2, 0.25) is 11.4 Å². The van der Waals surface area contributed by atoms with Crippen molar-refractivity contribution in [1.29, 1.82) is 0 Å². The average molecular weight is 769 g/mol. The number of quaternary nitrogens is 2. The first kappa shape index (κ1) is 43.2. The van der Waals surface area contributed by atoms with Gasteiger partial charge in [-0.15, -0.1) is 0 Å². The Balaban J connectivity index is 1.06. The van der Waals surface area contributed by atoms with Gasteiger partial charge in [0.15, 0.2) is 12.4 Å². The van der Waals surface area contributed by atoms with E-state index in [1.807, 2.05) is 10.8 Å². The second-order valence-corrected chi connectivity index (χ2v) is 18.2. The Morgan fingerprint density at radius 1 is 0.537 bits per heavy atom. The summed E-state index contributed by atoms with van der Waals surface area (Å²) < 4.78 is 6.65. The molecule has 6 nitrogen and oxygen atoms in total. The molecular formula is C46H68N6S2+4. The van der Waals surface area contributed by atoms with Gasteiger partial charge in [0.25, 0.3) is 0 Å². The van der Waals surface area contributed by atoms with Gasteiger partial charge in [0.05, 0.1) is 47.8 Å². The van der Waals surface area contributed by atoms with Crippen molar-refractivity contribution in [2.24, 2.45) is 0 Å². The number of hydrogen-bond donors (Lipinski definition) is 0. The highest BCUT2D eigenvalue weighted by molar-refractivity contribution is 8.76. The maximum Gasteiger partial charge on any atom is 0.205 e. The fraction of sp³-hybridized carbons (Fsp3) is 0.435. The number of rotatable bonds is 23. The summed E-state index contributed by atoms with van der Waals surface area (Å²) >= 11 is 0. The minimum absolute atomic E-state index is 0.973. The normalized spacial score (nSPS) is 12.2. The van der Waals surface area contributed by atoms with Crippen LogP contribution in [-0.2, 0) is 13.1 Å². The largest absolute Gasteiger partial charge is 0.374 e. The fourth-order valence-corrected chi connectivity index (χ4v) is 9.24. The van der Waals surface area contributed by atoms with Crippen LogP contribution in [0.15, 0.2) is 97.3 Å². The van der Waals surface area contributed by atoms with E-state index in [0.717, 1.165) is 41.0 Å². The summed E-state index contributed by atoms with van der Waals surface area (Å²) in [7, 11) is 18.1. The van der Waals surface area contributed by atoms with Crippen LogP contribution in [0.4, 0.5) is 11.4 Å². The van der Waals surface area contributed by atoms with Crippen LogP contribution in [0.2, 0.25) is 0 Å². The second kappa shape index (κ2) is 22.1. The predicted molar refractivity (Wildman–Crippen MR) is 239 cm³/mol. The number of anilines is 2. The zero-order valence-corrected chi connectivity index (χ0v) is 36.2. The molecule has 4 aromatic rings. The minimum Gasteiger partial charge on any atom is -0.374 e. The van der Waals surface area contributed by atoms with Crippen molar-refractivity contribution in [1.82, 2.24) is 0 Å². The van der Waals surface area contributed by atoms with Gasteiger partial charge in [-0.25, -0.2) is 0 Å². The maximum absolute atomic E-state index is 2.39. The molecule has 8 heteroatoms. The molecule has 2 aromatic carbocycles. The molecule has 0 aliphatic carbocycles. The predicted octanol–water partition coefficient (Wildman–Crippen LogP) is 8.88. The molecule has 4 rings (SSSR count). The molecule has 0 radical (unpaired) electrons. The summed E-state index contributed by atoms with van der Waals surface area (Å²) in [6.07, 6.45) is 16.7. The smallest absolute Gasteiger partial charge is 0.205 e. The third kappa shape index (κ3) is 14.9. The van der Waals surface area contributed by atoms with Gasteiger partial charge in [0, 0.05) is 100.0 Å². The Labute approximate surface area is 336 Å². The minimum atomic E-state index is 0.973. The SMILES string of the molecule is CC[n+]1ccccc1C=Cc1ccc(N(C)CCC[N+](C)(C)CCCSSC[N+](C)(C)CCCN(C)c2ccc(C=Cc3cccc[n+]3CC)cc2)cc1. The molecule has 0 N–H and O–H groups in total. The molecule has 0 aliphatic heterocycles. The van der Waals surface area contributed by atoms with E-state index in [1.54, 1.807) is 0 Å². The molecule has 0 amide bonds. The average Bonchev–Trinajstić information content (AvgIpc) is 3.18. The van der Waals surface area contributed by atoms with E-state index in [0.29, 0.717) is 0 Å². The van der Waals surface area contributed by atoms with Crippen LogP contribution in [0.1, 0.15) is 55.6 Å². The highest BCUT2D eigenvalue weighted by Crippen LogP contribution is 2.26. The zero-order valence-electron chi connectivity index (χ0n) is 34.5. The van der Waals surface area contributed by atoms with Crippen molar-refractivity contribution in [3.05, 3.63) is 120 Å². The van der Waals surface area contributed by atoms with E-state index in [2.05, 4.69) is 207 Å². The molecule has 0 saturated carbocycles. The van der Waals surface area contributed by atoms with Crippen molar-refractivity contribution < 1.29 is 18.1 Å². The van der Waals surface area contributed by atoms with Crippen LogP contribution in [0.3, 0.4) is 0 Å². The van der Waals surface area contributed by atoms with Crippen LogP contribution < -0.4 is 18.9 Å². The van der Waals surface area contributed by atoms with E-state index in [-0.39, 0.29) is 0 Å².